The van der Waals surface area contributed by atoms with Crippen LogP contribution in [-0.4, -0.2) is 18.6 Å². The van der Waals surface area contributed by atoms with Crippen LogP contribution in [0, 0.1) is 13.8 Å². The molecule has 0 aliphatic rings. The molecule has 0 unspecified atom stereocenters. The van der Waals surface area contributed by atoms with Gasteiger partial charge in [0.1, 0.15) is 5.75 Å². The minimum atomic E-state index is 0.797. The van der Waals surface area contributed by atoms with Crippen molar-refractivity contribution in [1.29, 1.82) is 0 Å². The number of rotatable bonds is 4. The van der Waals surface area contributed by atoms with Gasteiger partial charge in [0.2, 0.25) is 0 Å². The van der Waals surface area contributed by atoms with Crippen molar-refractivity contribution in [2.24, 2.45) is 0 Å². The average Bonchev–Trinajstić information content (AvgIpc) is 2.09. The van der Waals surface area contributed by atoms with Crippen LogP contribution in [0.3, 0.4) is 0 Å². The Labute approximate surface area is 84.5 Å². The van der Waals surface area contributed by atoms with Crippen LogP contribution in [0.2, 0.25) is 0 Å². The molecule has 0 fully saturated rings. The molecule has 1 aromatic rings. The zero-order valence-electron chi connectivity index (χ0n) is 8.46. The first-order valence-electron chi connectivity index (χ1n) is 4.43. The van der Waals surface area contributed by atoms with Gasteiger partial charge in [-0.2, -0.15) is 11.8 Å². The summed E-state index contributed by atoms with van der Waals surface area (Å²) in [5.41, 5.74) is 2.51. The summed E-state index contributed by atoms with van der Waals surface area (Å²) >= 11 is 1.80. The Morgan fingerprint density at radius 3 is 2.69 bits per heavy atom. The third kappa shape index (κ3) is 3.31. The van der Waals surface area contributed by atoms with Crippen molar-refractivity contribution < 1.29 is 4.74 Å². The lowest BCUT2D eigenvalue weighted by molar-refractivity contribution is 0.341. The molecule has 0 saturated carbocycles. The van der Waals surface area contributed by atoms with Crippen LogP contribution in [-0.2, 0) is 0 Å². The molecule has 0 aliphatic heterocycles. The van der Waals surface area contributed by atoms with E-state index < -0.39 is 0 Å². The fourth-order valence-corrected chi connectivity index (χ4v) is 1.45. The Balaban J connectivity index is 2.56. The van der Waals surface area contributed by atoms with E-state index in [1.54, 1.807) is 11.8 Å². The van der Waals surface area contributed by atoms with E-state index in [0.29, 0.717) is 0 Å². The second-order valence-electron chi connectivity index (χ2n) is 3.11. The van der Waals surface area contributed by atoms with E-state index in [2.05, 4.69) is 32.2 Å². The van der Waals surface area contributed by atoms with Crippen molar-refractivity contribution >= 4 is 11.8 Å². The molecule has 0 aliphatic carbocycles. The third-order valence-corrected chi connectivity index (χ3v) is 2.45. The highest BCUT2D eigenvalue weighted by molar-refractivity contribution is 7.98. The maximum absolute atomic E-state index is 5.61. The van der Waals surface area contributed by atoms with Crippen LogP contribution in [0.1, 0.15) is 11.1 Å². The SMILES string of the molecule is CSCCOc1ccc(C)cc1C. The van der Waals surface area contributed by atoms with Gasteiger partial charge in [-0.1, -0.05) is 17.7 Å². The summed E-state index contributed by atoms with van der Waals surface area (Å²) < 4.78 is 5.61. The van der Waals surface area contributed by atoms with E-state index in [4.69, 9.17) is 4.74 Å². The van der Waals surface area contributed by atoms with Gasteiger partial charge in [-0.3, -0.25) is 0 Å². The molecule has 0 amide bonds. The van der Waals surface area contributed by atoms with Crippen molar-refractivity contribution in [2.45, 2.75) is 13.8 Å². The lowest BCUT2D eigenvalue weighted by Crippen LogP contribution is -2.00. The predicted molar refractivity (Wildman–Crippen MR) is 59.8 cm³/mol. The molecule has 0 saturated heterocycles. The molecule has 0 heterocycles. The van der Waals surface area contributed by atoms with Crippen molar-refractivity contribution in [2.75, 3.05) is 18.6 Å². The normalized spacial score (nSPS) is 10.1. The molecule has 1 aromatic carbocycles. The van der Waals surface area contributed by atoms with Gasteiger partial charge in [0.05, 0.1) is 6.61 Å². The molecule has 13 heavy (non-hydrogen) atoms. The van der Waals surface area contributed by atoms with Crippen LogP contribution < -0.4 is 4.74 Å². The van der Waals surface area contributed by atoms with Crippen LogP contribution in [0.4, 0.5) is 0 Å². The summed E-state index contributed by atoms with van der Waals surface area (Å²) in [5, 5.41) is 0. The van der Waals surface area contributed by atoms with Crippen molar-refractivity contribution in [3.8, 4) is 5.75 Å². The second-order valence-corrected chi connectivity index (χ2v) is 4.10. The van der Waals surface area contributed by atoms with Gasteiger partial charge in [-0.15, -0.1) is 0 Å². The first-order chi connectivity index (χ1) is 6.24. The summed E-state index contributed by atoms with van der Waals surface area (Å²) in [5.74, 6) is 2.06. The van der Waals surface area contributed by atoms with Crippen LogP contribution >= 0.6 is 11.8 Å². The molecule has 2 heteroatoms. The van der Waals surface area contributed by atoms with Gasteiger partial charge in [0.25, 0.3) is 0 Å². The van der Waals surface area contributed by atoms with Crippen LogP contribution in [0.5, 0.6) is 5.75 Å². The van der Waals surface area contributed by atoms with E-state index in [1.165, 1.54) is 11.1 Å². The highest BCUT2D eigenvalue weighted by Gasteiger charge is 1.98. The molecule has 72 valence electrons. The van der Waals surface area contributed by atoms with Crippen molar-refractivity contribution in [3.63, 3.8) is 0 Å². The van der Waals surface area contributed by atoms with Gasteiger partial charge >= 0.3 is 0 Å². The lowest BCUT2D eigenvalue weighted by atomic mass is 10.1. The van der Waals surface area contributed by atoms with E-state index in [9.17, 15) is 0 Å². The topological polar surface area (TPSA) is 9.23 Å². The standard InChI is InChI=1S/C11H16OS/c1-9-4-5-11(10(2)8-9)12-6-7-13-3/h4-5,8H,6-7H2,1-3H3. The van der Waals surface area contributed by atoms with Crippen molar-refractivity contribution in [1.82, 2.24) is 0 Å². The number of hydrogen-bond acceptors (Lipinski definition) is 2. The molecule has 1 nitrogen and oxygen atoms in total. The summed E-state index contributed by atoms with van der Waals surface area (Å²) in [4.78, 5) is 0. The van der Waals surface area contributed by atoms with Gasteiger partial charge < -0.3 is 4.74 Å². The smallest absolute Gasteiger partial charge is 0.122 e. The number of ether oxygens (including phenoxy) is 1. The molecule has 0 spiro atoms. The summed E-state index contributed by atoms with van der Waals surface area (Å²) in [6.07, 6.45) is 2.09. The molecule has 0 N–H and O–H groups in total. The molecule has 0 aromatic heterocycles. The van der Waals surface area contributed by atoms with E-state index in [1.807, 2.05) is 6.07 Å². The Hall–Kier alpha value is -0.630. The van der Waals surface area contributed by atoms with Gasteiger partial charge in [-0.05, 0) is 31.7 Å². The first-order valence-corrected chi connectivity index (χ1v) is 5.82. The number of hydrogen-bond donors (Lipinski definition) is 0. The molecular formula is C11H16OS. The fourth-order valence-electron chi connectivity index (χ4n) is 1.20. The Morgan fingerprint density at radius 2 is 2.08 bits per heavy atom. The monoisotopic (exact) mass is 196 g/mol. The highest BCUT2D eigenvalue weighted by Crippen LogP contribution is 2.18. The van der Waals surface area contributed by atoms with Gasteiger partial charge in [0, 0.05) is 5.75 Å². The molecule has 0 atom stereocenters. The van der Waals surface area contributed by atoms with E-state index in [0.717, 1.165) is 18.1 Å². The molecule has 1 rings (SSSR count). The minimum Gasteiger partial charge on any atom is -0.492 e. The highest BCUT2D eigenvalue weighted by atomic mass is 32.2. The largest absolute Gasteiger partial charge is 0.492 e. The van der Waals surface area contributed by atoms with Crippen LogP contribution in [0.15, 0.2) is 18.2 Å². The maximum atomic E-state index is 5.61. The van der Waals surface area contributed by atoms with Gasteiger partial charge in [0.15, 0.2) is 0 Å². The molecular weight excluding hydrogens is 180 g/mol. The Morgan fingerprint density at radius 1 is 1.31 bits per heavy atom. The average molecular weight is 196 g/mol. The first kappa shape index (κ1) is 10.5. The summed E-state index contributed by atoms with van der Waals surface area (Å²) in [6.45, 7) is 4.98. The Bertz CT molecular complexity index is 271. The number of thioether (sulfide) groups is 1. The third-order valence-electron chi connectivity index (χ3n) is 1.88. The van der Waals surface area contributed by atoms with E-state index >= 15 is 0 Å². The summed E-state index contributed by atoms with van der Waals surface area (Å²) in [7, 11) is 0. The lowest BCUT2D eigenvalue weighted by Gasteiger charge is -2.08. The quantitative estimate of drug-likeness (QED) is 0.684. The Kier molecular flexibility index (Phi) is 4.16. The maximum Gasteiger partial charge on any atom is 0.122 e. The number of benzene rings is 1. The zero-order valence-corrected chi connectivity index (χ0v) is 9.28. The molecule has 0 bridgehead atoms. The minimum absolute atomic E-state index is 0.797. The van der Waals surface area contributed by atoms with Gasteiger partial charge in [-0.25, -0.2) is 0 Å². The van der Waals surface area contributed by atoms with Crippen molar-refractivity contribution in [3.05, 3.63) is 29.3 Å². The van der Waals surface area contributed by atoms with E-state index in [-0.39, 0.29) is 0 Å². The fraction of sp³-hybridized carbons (Fsp3) is 0.455. The summed E-state index contributed by atoms with van der Waals surface area (Å²) in [6, 6.07) is 6.28. The van der Waals surface area contributed by atoms with Crippen LogP contribution in [0.25, 0.3) is 0 Å². The number of aryl methyl sites for hydroxylation is 2. The molecule has 0 radical (unpaired) electrons. The zero-order chi connectivity index (χ0) is 9.68. The predicted octanol–water partition coefficient (Wildman–Crippen LogP) is 3.05. The second kappa shape index (κ2) is 5.18.